The molecule has 4 aromatic rings. The van der Waals surface area contributed by atoms with Gasteiger partial charge in [-0.2, -0.15) is 0 Å². The molecule has 0 bridgehead atoms. The summed E-state index contributed by atoms with van der Waals surface area (Å²) in [6.07, 6.45) is 1.94. The number of thioether (sulfide) groups is 1. The van der Waals surface area contributed by atoms with E-state index >= 15 is 0 Å². The lowest BCUT2D eigenvalue weighted by atomic mass is 10.1. The Morgan fingerprint density at radius 2 is 1.51 bits per heavy atom. The number of hydrogen-bond acceptors (Lipinski definition) is 3. The number of benzene rings is 4. The van der Waals surface area contributed by atoms with Crippen molar-refractivity contribution < 1.29 is 14.5 Å². The maximum Gasteiger partial charge on any atom is 0.265 e. The first-order chi connectivity index (χ1) is 20.0. The number of nitrogens with zero attached hydrogens (tertiary/aromatic N) is 2. The smallest absolute Gasteiger partial charge is 0.265 e. The fraction of sp³-hybridized carbons (Fsp3) is 0.200. The van der Waals surface area contributed by atoms with E-state index in [9.17, 15) is 9.59 Å². The van der Waals surface area contributed by atoms with Crippen LogP contribution < -0.4 is 9.80 Å². The van der Waals surface area contributed by atoms with E-state index in [0.29, 0.717) is 17.0 Å². The number of aryl methyl sites for hydroxylation is 1. The summed E-state index contributed by atoms with van der Waals surface area (Å²) in [6.45, 7) is 6.99. The van der Waals surface area contributed by atoms with Crippen LogP contribution >= 0.6 is 11.8 Å². The second kappa shape index (κ2) is 12.2. The van der Waals surface area contributed by atoms with E-state index < -0.39 is 0 Å². The maximum absolute atomic E-state index is 13.7. The van der Waals surface area contributed by atoms with Crippen LogP contribution in [0.15, 0.2) is 113 Å². The van der Waals surface area contributed by atoms with Gasteiger partial charge in [0, 0.05) is 16.0 Å². The first-order valence-electron chi connectivity index (χ1n) is 14.2. The first-order valence-corrected chi connectivity index (χ1v) is 15.0. The fourth-order valence-corrected chi connectivity index (χ4v) is 6.50. The Bertz CT molecular complexity index is 1560. The molecule has 0 radical (unpaired) electrons. The molecule has 2 heterocycles. The number of rotatable bonds is 6. The lowest BCUT2D eigenvalue weighted by Gasteiger charge is -2.32. The number of carbonyl (C=O) groups is 2. The van der Waals surface area contributed by atoms with Crippen LogP contribution in [0.1, 0.15) is 32.6 Å². The minimum absolute atomic E-state index is 0.00898. The van der Waals surface area contributed by atoms with E-state index in [2.05, 4.69) is 61.5 Å². The number of nitrogens with one attached hydrogen (secondary N) is 1. The highest BCUT2D eigenvalue weighted by atomic mass is 32.2. The zero-order valence-electron chi connectivity index (χ0n) is 23.3. The van der Waals surface area contributed by atoms with Gasteiger partial charge < -0.3 is 14.7 Å². The van der Waals surface area contributed by atoms with Crippen molar-refractivity contribution in [1.29, 1.82) is 0 Å². The van der Waals surface area contributed by atoms with Gasteiger partial charge in [0.05, 0.1) is 43.3 Å². The Balaban J connectivity index is 1.13. The Morgan fingerprint density at radius 3 is 2.24 bits per heavy atom. The summed E-state index contributed by atoms with van der Waals surface area (Å²) >= 11 is 1.50. The highest BCUT2D eigenvalue weighted by Crippen LogP contribution is 2.42. The Morgan fingerprint density at radius 1 is 0.829 bits per heavy atom. The zero-order valence-corrected chi connectivity index (χ0v) is 24.1. The standard InChI is InChI=1S/C35H33N3O2S/c1-26-11-13-29(14-12-26)25-38-31-9-5-6-10-32(31)41-33(35(38)40)23-27-15-17-30(18-16-27)34(39)37-21-19-36(20-22-37)24-28-7-3-2-4-8-28/h2-18,23H,19-22,24-25H2,1H3/p+1. The van der Waals surface area contributed by atoms with E-state index in [1.807, 2.05) is 64.4 Å². The monoisotopic (exact) mass is 560 g/mol. The molecule has 1 fully saturated rings. The molecule has 2 aliphatic rings. The molecule has 41 heavy (non-hydrogen) atoms. The van der Waals surface area contributed by atoms with Crippen molar-refractivity contribution in [1.82, 2.24) is 4.90 Å². The van der Waals surface area contributed by atoms with Gasteiger partial charge in [0.1, 0.15) is 6.54 Å². The van der Waals surface area contributed by atoms with Crippen LogP contribution in [0.25, 0.3) is 6.08 Å². The van der Waals surface area contributed by atoms with Gasteiger partial charge in [-0.1, -0.05) is 96.2 Å². The molecule has 6 heteroatoms. The molecule has 5 nitrogen and oxygen atoms in total. The Labute approximate surface area is 246 Å². The molecule has 2 aliphatic heterocycles. The van der Waals surface area contributed by atoms with Crippen molar-refractivity contribution in [2.75, 3.05) is 31.1 Å². The molecule has 1 N–H and O–H groups in total. The van der Waals surface area contributed by atoms with Crippen LogP contribution in [0.2, 0.25) is 0 Å². The number of para-hydroxylation sites is 1. The molecule has 0 saturated carbocycles. The molecule has 0 aromatic heterocycles. The average molecular weight is 561 g/mol. The van der Waals surface area contributed by atoms with Crippen molar-refractivity contribution in [3.8, 4) is 0 Å². The zero-order chi connectivity index (χ0) is 28.2. The molecule has 1 saturated heterocycles. The van der Waals surface area contributed by atoms with Crippen molar-refractivity contribution in [2.24, 2.45) is 0 Å². The number of piperazine rings is 1. The summed E-state index contributed by atoms with van der Waals surface area (Å²) in [6, 6.07) is 34.6. The van der Waals surface area contributed by atoms with Gasteiger partial charge >= 0.3 is 0 Å². The van der Waals surface area contributed by atoms with Gasteiger partial charge in [-0.3, -0.25) is 9.59 Å². The Kier molecular flexibility index (Phi) is 8.03. The van der Waals surface area contributed by atoms with Gasteiger partial charge in [0.2, 0.25) is 0 Å². The third kappa shape index (κ3) is 6.29. The van der Waals surface area contributed by atoms with Crippen LogP contribution in [-0.4, -0.2) is 42.9 Å². The summed E-state index contributed by atoms with van der Waals surface area (Å²) in [4.78, 5) is 34.0. The normalized spacial score (nSPS) is 16.6. The van der Waals surface area contributed by atoms with Gasteiger partial charge in [0.15, 0.2) is 0 Å². The summed E-state index contributed by atoms with van der Waals surface area (Å²) in [5.41, 5.74) is 6.16. The third-order valence-corrected chi connectivity index (χ3v) is 8.88. The molecule has 0 spiro atoms. The van der Waals surface area contributed by atoms with E-state index in [0.717, 1.165) is 54.4 Å². The molecular formula is C35H34N3O2S+. The van der Waals surface area contributed by atoms with Crippen molar-refractivity contribution >= 4 is 35.3 Å². The number of quaternary nitrogens is 1. The molecular weight excluding hydrogens is 526 g/mol. The van der Waals surface area contributed by atoms with Gasteiger partial charge in [0.25, 0.3) is 11.8 Å². The number of carbonyl (C=O) groups excluding carboxylic acids is 2. The molecule has 4 aromatic carbocycles. The first kappa shape index (κ1) is 27.1. The highest BCUT2D eigenvalue weighted by molar-refractivity contribution is 8.04. The highest BCUT2D eigenvalue weighted by Gasteiger charge is 2.29. The maximum atomic E-state index is 13.7. The molecule has 0 aliphatic carbocycles. The number of amides is 2. The summed E-state index contributed by atoms with van der Waals surface area (Å²) in [7, 11) is 0. The van der Waals surface area contributed by atoms with Gasteiger partial charge in [-0.15, -0.1) is 0 Å². The van der Waals surface area contributed by atoms with Gasteiger partial charge in [-0.25, -0.2) is 0 Å². The van der Waals surface area contributed by atoms with Crippen LogP contribution in [0.4, 0.5) is 5.69 Å². The number of fused-ring (bicyclic) bond motifs is 1. The third-order valence-electron chi connectivity index (χ3n) is 7.80. The quantitative estimate of drug-likeness (QED) is 0.329. The van der Waals surface area contributed by atoms with Crippen LogP contribution in [0, 0.1) is 6.92 Å². The minimum atomic E-state index is -0.00898. The predicted octanol–water partition coefficient (Wildman–Crippen LogP) is 5.22. The van der Waals surface area contributed by atoms with Gasteiger partial charge in [-0.05, 0) is 48.4 Å². The lowest BCUT2D eigenvalue weighted by Crippen LogP contribution is -3.13. The largest absolute Gasteiger partial charge is 0.328 e. The minimum Gasteiger partial charge on any atom is -0.328 e. The second-order valence-corrected chi connectivity index (χ2v) is 11.9. The SMILES string of the molecule is Cc1ccc(CN2C(=O)C(=Cc3ccc(C(=O)N4CC[NH+](Cc5ccccc5)CC4)cc3)Sc3ccccc32)cc1. The number of hydrogen-bond donors (Lipinski definition) is 1. The van der Waals surface area contributed by atoms with E-state index in [-0.39, 0.29) is 11.8 Å². The summed E-state index contributed by atoms with van der Waals surface area (Å²) < 4.78 is 0. The number of anilines is 1. The van der Waals surface area contributed by atoms with Crippen molar-refractivity contribution in [2.45, 2.75) is 24.9 Å². The molecule has 2 amide bonds. The van der Waals surface area contributed by atoms with E-state index in [1.54, 1.807) is 0 Å². The van der Waals surface area contributed by atoms with Crippen LogP contribution in [-0.2, 0) is 17.9 Å². The fourth-order valence-electron chi connectivity index (χ4n) is 5.44. The Hall–Kier alpha value is -4.13. The van der Waals surface area contributed by atoms with Crippen LogP contribution in [0.5, 0.6) is 0 Å². The molecule has 0 atom stereocenters. The van der Waals surface area contributed by atoms with E-state index in [4.69, 9.17) is 0 Å². The van der Waals surface area contributed by atoms with Crippen molar-refractivity contribution in [3.05, 3.63) is 136 Å². The molecule has 0 unspecified atom stereocenters. The lowest BCUT2D eigenvalue weighted by molar-refractivity contribution is -0.917. The van der Waals surface area contributed by atoms with E-state index in [1.165, 1.54) is 27.8 Å². The predicted molar refractivity (Wildman–Crippen MR) is 166 cm³/mol. The summed E-state index contributed by atoms with van der Waals surface area (Å²) in [5.74, 6) is 0.0644. The topological polar surface area (TPSA) is 45.1 Å². The van der Waals surface area contributed by atoms with Crippen LogP contribution in [0.3, 0.4) is 0 Å². The molecule has 6 rings (SSSR count). The molecule has 206 valence electrons. The van der Waals surface area contributed by atoms with Crippen molar-refractivity contribution in [3.63, 3.8) is 0 Å². The average Bonchev–Trinajstić information content (AvgIpc) is 3.01. The second-order valence-electron chi connectivity index (χ2n) is 10.8. The summed E-state index contributed by atoms with van der Waals surface area (Å²) in [5, 5.41) is 0.